The van der Waals surface area contributed by atoms with E-state index >= 15 is 0 Å². The van der Waals surface area contributed by atoms with Gasteiger partial charge in [-0.1, -0.05) is 68.4 Å². The van der Waals surface area contributed by atoms with Crippen molar-refractivity contribution in [1.82, 2.24) is 5.32 Å². The predicted molar refractivity (Wildman–Crippen MR) is 152 cm³/mol. The summed E-state index contributed by atoms with van der Waals surface area (Å²) in [5.74, 6) is -2.66. The second kappa shape index (κ2) is 24.3. The van der Waals surface area contributed by atoms with Gasteiger partial charge >= 0.3 is 19.8 Å². The zero-order chi connectivity index (χ0) is 30.1. The van der Waals surface area contributed by atoms with Crippen molar-refractivity contribution in [2.24, 2.45) is 0 Å². The average molecular weight is 588 g/mol. The van der Waals surface area contributed by atoms with E-state index in [-0.39, 0.29) is 6.42 Å². The number of allylic oxidation sites excluding steroid dienone is 8. The Morgan fingerprint density at radius 3 is 1.88 bits per heavy atom. The van der Waals surface area contributed by atoms with E-state index in [1.807, 2.05) is 17.5 Å². The van der Waals surface area contributed by atoms with Crippen LogP contribution >= 0.6 is 7.82 Å². The summed E-state index contributed by atoms with van der Waals surface area (Å²) in [7, 11) is -4.71. The Morgan fingerprint density at radius 2 is 1.35 bits per heavy atom. The van der Waals surface area contributed by atoms with E-state index in [1.54, 1.807) is 0 Å². The third-order valence-electron chi connectivity index (χ3n) is 5.16. The Bertz CT molecular complexity index is 884. The van der Waals surface area contributed by atoms with Crippen LogP contribution in [0.1, 0.15) is 78.1 Å². The Balaban J connectivity index is 3.91. The summed E-state index contributed by atoms with van der Waals surface area (Å²) < 4.78 is 25.9. The minimum absolute atomic E-state index is 0.146. The SMILES string of the molecule is CCCCC/C=C\C/C=C\C/C=C\C/C=C\CCCC(=O)OCC(O)COP(=O)(O)OCC(NC(C)=O)C(=O)O. The van der Waals surface area contributed by atoms with Gasteiger partial charge in [-0.05, 0) is 44.9 Å². The second-order valence-corrected chi connectivity index (χ2v) is 10.4. The number of ether oxygens (including phenoxy) is 1. The van der Waals surface area contributed by atoms with Gasteiger partial charge in [0.15, 0.2) is 6.04 Å². The normalized spacial score (nSPS) is 15.1. The molecule has 0 spiro atoms. The topological polar surface area (TPSA) is 169 Å². The maximum atomic E-state index is 11.8. The van der Waals surface area contributed by atoms with Crippen LogP contribution in [0.25, 0.3) is 0 Å². The number of rotatable bonds is 24. The molecule has 40 heavy (non-hydrogen) atoms. The summed E-state index contributed by atoms with van der Waals surface area (Å²) in [6.45, 7) is 1.31. The number of carbonyl (C=O) groups is 3. The fourth-order valence-corrected chi connectivity index (χ4v) is 3.81. The van der Waals surface area contributed by atoms with Crippen LogP contribution < -0.4 is 5.32 Å². The van der Waals surface area contributed by atoms with Crippen molar-refractivity contribution in [1.29, 1.82) is 0 Å². The van der Waals surface area contributed by atoms with Crippen LogP contribution in [0.4, 0.5) is 0 Å². The molecule has 0 heterocycles. The summed E-state index contributed by atoms with van der Waals surface area (Å²) in [4.78, 5) is 43.3. The van der Waals surface area contributed by atoms with Gasteiger partial charge in [0.25, 0.3) is 0 Å². The molecule has 0 aromatic carbocycles. The average Bonchev–Trinajstić information content (AvgIpc) is 2.90. The monoisotopic (exact) mass is 587 g/mol. The number of carboxylic acid groups (broad SMARTS) is 1. The highest BCUT2D eigenvalue weighted by Crippen LogP contribution is 2.43. The zero-order valence-electron chi connectivity index (χ0n) is 23.6. The molecule has 0 bridgehead atoms. The van der Waals surface area contributed by atoms with Gasteiger partial charge in [-0.2, -0.15) is 0 Å². The number of unbranched alkanes of at least 4 members (excludes halogenated alkanes) is 4. The molecule has 12 heteroatoms. The lowest BCUT2D eigenvalue weighted by molar-refractivity contribution is -0.147. The Kier molecular flexibility index (Phi) is 22.7. The Morgan fingerprint density at radius 1 is 0.825 bits per heavy atom. The second-order valence-electron chi connectivity index (χ2n) is 8.97. The fourth-order valence-electron chi connectivity index (χ4n) is 3.04. The van der Waals surface area contributed by atoms with Gasteiger partial charge in [-0.25, -0.2) is 9.36 Å². The Labute approximate surface area is 237 Å². The van der Waals surface area contributed by atoms with Crippen LogP contribution in [0, 0.1) is 0 Å². The number of carboxylic acids is 1. The van der Waals surface area contributed by atoms with Crippen LogP contribution in [0.3, 0.4) is 0 Å². The van der Waals surface area contributed by atoms with Gasteiger partial charge in [-0.3, -0.25) is 18.6 Å². The summed E-state index contributed by atoms with van der Waals surface area (Å²) >= 11 is 0. The molecule has 0 aliphatic carbocycles. The lowest BCUT2D eigenvalue weighted by atomic mass is 10.2. The number of aliphatic hydroxyl groups is 1. The van der Waals surface area contributed by atoms with E-state index in [4.69, 9.17) is 9.84 Å². The van der Waals surface area contributed by atoms with Crippen LogP contribution in [-0.2, 0) is 32.7 Å². The first-order valence-electron chi connectivity index (χ1n) is 13.6. The molecule has 0 aromatic rings. The fraction of sp³-hybridized carbons (Fsp3) is 0.607. The highest BCUT2D eigenvalue weighted by molar-refractivity contribution is 7.47. The quantitative estimate of drug-likeness (QED) is 0.0535. The first-order chi connectivity index (χ1) is 19.1. The summed E-state index contributed by atoms with van der Waals surface area (Å²) in [6.07, 6.45) is 24.6. The summed E-state index contributed by atoms with van der Waals surface area (Å²) in [5, 5.41) is 20.8. The van der Waals surface area contributed by atoms with Gasteiger partial charge in [0.1, 0.15) is 12.7 Å². The molecular weight excluding hydrogens is 541 g/mol. The standard InChI is InChI=1S/C28H46NO10P/c1-3-4-5-6-7-8-9-10-11-12-13-14-15-16-17-18-19-20-27(32)37-21-25(31)22-38-40(35,36)39-23-26(28(33)34)29-24(2)30/h7-8,10-11,13-14,16-17,25-26,31H,3-6,9,12,15,18-23H2,1-2H3,(H,29,30)(H,33,34)(H,35,36)/b8-7-,11-10-,14-13-,17-16-. The molecule has 228 valence electrons. The number of nitrogens with one attached hydrogen (secondary N) is 1. The van der Waals surface area contributed by atoms with Crippen molar-refractivity contribution < 1.29 is 47.8 Å². The summed E-state index contributed by atoms with van der Waals surface area (Å²) in [6, 6.07) is -1.55. The van der Waals surface area contributed by atoms with E-state index in [1.165, 1.54) is 19.3 Å². The third-order valence-corrected chi connectivity index (χ3v) is 6.11. The molecule has 0 radical (unpaired) electrons. The number of hydrogen-bond acceptors (Lipinski definition) is 8. The number of phosphoric ester groups is 1. The number of carbonyl (C=O) groups excluding carboxylic acids is 2. The van der Waals surface area contributed by atoms with Gasteiger partial charge in [0.2, 0.25) is 5.91 Å². The lowest BCUT2D eigenvalue weighted by Crippen LogP contribution is -2.42. The van der Waals surface area contributed by atoms with Gasteiger partial charge < -0.3 is 25.2 Å². The first kappa shape index (κ1) is 37.4. The highest BCUT2D eigenvalue weighted by atomic mass is 31.2. The molecule has 0 rings (SSSR count). The molecule has 0 aromatic heterocycles. The number of hydrogen-bond donors (Lipinski definition) is 4. The number of aliphatic hydroxyl groups excluding tert-OH is 1. The van der Waals surface area contributed by atoms with E-state index in [2.05, 4.69) is 52.4 Å². The number of aliphatic carboxylic acids is 1. The van der Waals surface area contributed by atoms with Crippen LogP contribution in [0.5, 0.6) is 0 Å². The maximum Gasteiger partial charge on any atom is 0.472 e. The lowest BCUT2D eigenvalue weighted by Gasteiger charge is -2.18. The van der Waals surface area contributed by atoms with Crippen molar-refractivity contribution in [3.63, 3.8) is 0 Å². The van der Waals surface area contributed by atoms with E-state index in [9.17, 15) is 28.9 Å². The molecule has 0 saturated heterocycles. The minimum atomic E-state index is -4.71. The molecule has 0 aliphatic rings. The summed E-state index contributed by atoms with van der Waals surface area (Å²) in [5.41, 5.74) is 0. The van der Waals surface area contributed by atoms with Gasteiger partial charge in [0, 0.05) is 13.3 Å². The molecule has 4 N–H and O–H groups in total. The van der Waals surface area contributed by atoms with Crippen molar-refractivity contribution in [3.8, 4) is 0 Å². The van der Waals surface area contributed by atoms with Crippen molar-refractivity contribution in [2.75, 3.05) is 19.8 Å². The molecule has 11 nitrogen and oxygen atoms in total. The minimum Gasteiger partial charge on any atom is -0.480 e. The molecule has 3 unspecified atom stereocenters. The van der Waals surface area contributed by atoms with Gasteiger partial charge in [0.05, 0.1) is 13.2 Å². The van der Waals surface area contributed by atoms with Crippen molar-refractivity contribution in [3.05, 3.63) is 48.6 Å². The predicted octanol–water partition coefficient (Wildman–Crippen LogP) is 4.76. The van der Waals surface area contributed by atoms with Crippen LogP contribution in [-0.4, -0.2) is 64.9 Å². The van der Waals surface area contributed by atoms with E-state index in [0.717, 1.165) is 32.6 Å². The smallest absolute Gasteiger partial charge is 0.472 e. The molecule has 0 aliphatic heterocycles. The Hall–Kier alpha value is -2.56. The number of phosphoric acid groups is 1. The molecule has 0 saturated carbocycles. The number of esters is 1. The van der Waals surface area contributed by atoms with Crippen LogP contribution in [0.15, 0.2) is 48.6 Å². The van der Waals surface area contributed by atoms with E-state index in [0.29, 0.717) is 12.8 Å². The maximum absolute atomic E-state index is 11.8. The molecule has 1 amide bonds. The molecular formula is C28H46NO10P. The van der Waals surface area contributed by atoms with Crippen molar-refractivity contribution in [2.45, 2.75) is 90.2 Å². The van der Waals surface area contributed by atoms with Crippen LogP contribution in [0.2, 0.25) is 0 Å². The zero-order valence-corrected chi connectivity index (χ0v) is 24.5. The van der Waals surface area contributed by atoms with Crippen molar-refractivity contribution >= 4 is 25.7 Å². The third kappa shape index (κ3) is 24.5. The first-order valence-corrected chi connectivity index (χ1v) is 15.1. The molecule has 0 fully saturated rings. The van der Waals surface area contributed by atoms with Gasteiger partial charge in [-0.15, -0.1) is 0 Å². The molecule has 3 atom stereocenters. The number of amides is 1. The largest absolute Gasteiger partial charge is 0.480 e. The van der Waals surface area contributed by atoms with E-state index < -0.39 is 57.6 Å². The highest BCUT2D eigenvalue weighted by Gasteiger charge is 2.28.